The number of hydrogen-bond acceptors (Lipinski definition) is 0. The first kappa shape index (κ1) is 31.5. The van der Waals surface area contributed by atoms with E-state index in [4.69, 9.17) is 0 Å². The maximum absolute atomic E-state index is 0. The molecule has 0 N–H and O–H groups in total. The Morgan fingerprint density at radius 3 is 1.00 bits per heavy atom. The Balaban J connectivity index is 0. The van der Waals surface area contributed by atoms with Crippen LogP contribution < -0.4 is 0 Å². The Morgan fingerprint density at radius 1 is 1.00 bits per heavy atom. The third-order valence-electron chi connectivity index (χ3n) is 0. The molecule has 0 aliphatic heterocycles. The van der Waals surface area contributed by atoms with Gasteiger partial charge in [0, 0.05) is 54.6 Å². The van der Waals surface area contributed by atoms with Crippen LogP contribution in [-0.2, 0) is 54.6 Å². The van der Waals surface area contributed by atoms with E-state index in [1.54, 1.807) is 0 Å². The molecule has 0 aromatic carbocycles. The molecular formula is H2FeNiSnW. The third kappa shape index (κ3) is 8.82. The van der Waals surface area contributed by atoms with Crippen molar-refractivity contribution in [1.82, 2.24) is 0 Å². The van der Waals surface area contributed by atoms with Gasteiger partial charge in [-0.1, -0.05) is 0 Å². The fourth-order valence-electron chi connectivity index (χ4n) is 0. The molecule has 0 spiro atoms. The predicted octanol–water partition coefficient (Wildman–Crippen LogP) is -0.924. The molecule has 0 aromatic rings. The SMILES string of the molecule is [Fe].[Ni].[SnH2].[W]. The van der Waals surface area contributed by atoms with Gasteiger partial charge in [0.05, 0.1) is 0 Å². The second-order valence-corrected chi connectivity index (χ2v) is 0. The Labute approximate surface area is 77.5 Å². The average Bonchev–Trinajstić information content (AvgIpc) is 0. The van der Waals surface area contributed by atoms with E-state index in [2.05, 4.69) is 0 Å². The minimum absolute atomic E-state index is 0. The Kier molecular flexibility index (Phi) is 140. The van der Waals surface area contributed by atoms with Crippen molar-refractivity contribution in [3.8, 4) is 0 Å². The van der Waals surface area contributed by atoms with Crippen molar-refractivity contribution < 1.29 is 54.6 Å². The molecule has 0 saturated carbocycles. The first-order valence-corrected chi connectivity index (χ1v) is 0. The van der Waals surface area contributed by atoms with Crippen LogP contribution in [0.2, 0.25) is 0 Å². The maximum Gasteiger partial charge on any atom is 0 e. The van der Waals surface area contributed by atoms with Crippen LogP contribution in [0.1, 0.15) is 0 Å². The van der Waals surface area contributed by atoms with Gasteiger partial charge in [-0.2, -0.15) is 0 Å². The van der Waals surface area contributed by atoms with E-state index in [0.29, 0.717) is 0 Å². The van der Waals surface area contributed by atoms with Gasteiger partial charge < -0.3 is 0 Å². The van der Waals surface area contributed by atoms with E-state index < -0.39 is 0 Å². The Morgan fingerprint density at radius 2 is 1.00 bits per heavy atom. The van der Waals surface area contributed by atoms with Crippen LogP contribution in [0.15, 0.2) is 0 Å². The minimum Gasteiger partial charge on any atom is 0 e. The van der Waals surface area contributed by atoms with Crippen molar-refractivity contribution in [2.45, 2.75) is 0 Å². The normalized spacial score (nSPS) is 0. The quantitative estimate of drug-likeness (QED) is 0.446. The summed E-state index contributed by atoms with van der Waals surface area (Å²) in [6, 6.07) is 0. The van der Waals surface area contributed by atoms with Gasteiger partial charge in [0.2, 0.25) is 0 Å². The summed E-state index contributed by atoms with van der Waals surface area (Å²) in [7, 11) is 0. The van der Waals surface area contributed by atoms with Crippen molar-refractivity contribution in [1.29, 1.82) is 0 Å². The molecule has 0 nitrogen and oxygen atoms in total. The monoisotopic (exact) mass is 420 g/mol. The largest absolute Gasteiger partial charge is 0 e. The van der Waals surface area contributed by atoms with Crippen LogP contribution in [0.4, 0.5) is 0 Å². The number of rotatable bonds is 0. The van der Waals surface area contributed by atoms with Gasteiger partial charge in [-0.3, -0.25) is 0 Å². The van der Waals surface area contributed by atoms with Gasteiger partial charge in [-0.05, 0) is 0 Å². The third-order valence-corrected chi connectivity index (χ3v) is 0. The summed E-state index contributed by atoms with van der Waals surface area (Å²) in [6.07, 6.45) is 0. The van der Waals surface area contributed by atoms with Crippen LogP contribution >= 0.6 is 0 Å². The number of hydrogen-bond donors (Lipinski definition) is 0. The summed E-state index contributed by atoms with van der Waals surface area (Å²) in [5.41, 5.74) is 0. The molecule has 0 rings (SSSR count). The molecule has 2 radical (unpaired) electrons. The van der Waals surface area contributed by atoms with Crippen molar-refractivity contribution in [2.24, 2.45) is 0 Å². The molecule has 0 aliphatic carbocycles. The summed E-state index contributed by atoms with van der Waals surface area (Å²) < 4.78 is 0. The minimum atomic E-state index is 0. The van der Waals surface area contributed by atoms with E-state index in [1.807, 2.05) is 0 Å². The molecule has 0 aromatic heterocycles. The summed E-state index contributed by atoms with van der Waals surface area (Å²) >= 11 is 0. The van der Waals surface area contributed by atoms with E-state index >= 15 is 0 Å². The Hall–Kier alpha value is 2.50. The first-order valence-electron chi connectivity index (χ1n) is 0. The summed E-state index contributed by atoms with van der Waals surface area (Å²) in [5, 5.41) is 0. The zero-order valence-corrected chi connectivity index (χ0v) is 10.8. The van der Waals surface area contributed by atoms with Gasteiger partial charge in [0.25, 0.3) is 0 Å². The van der Waals surface area contributed by atoms with Gasteiger partial charge in [0.1, 0.15) is 0 Å². The summed E-state index contributed by atoms with van der Waals surface area (Å²) in [5.74, 6) is 0. The smallest absolute Gasteiger partial charge is 0 e. The summed E-state index contributed by atoms with van der Waals surface area (Å²) in [4.78, 5) is 0. The van der Waals surface area contributed by atoms with Crippen LogP contribution in [0.3, 0.4) is 0 Å². The fourth-order valence-corrected chi connectivity index (χ4v) is 0. The molecule has 0 bridgehead atoms. The molecule has 0 atom stereocenters. The van der Waals surface area contributed by atoms with Crippen molar-refractivity contribution in [3.63, 3.8) is 0 Å². The zero-order chi connectivity index (χ0) is 0. The molecule has 0 aliphatic rings. The maximum atomic E-state index is 0. The van der Waals surface area contributed by atoms with Gasteiger partial charge in [-0.25, -0.2) is 0 Å². The van der Waals surface area contributed by atoms with Crippen LogP contribution in [0.25, 0.3) is 0 Å². The fraction of sp³-hybridized carbons (Fsp3) is 0. The standard InChI is InChI=1S/Fe.Ni.Sn.W.2H. The summed E-state index contributed by atoms with van der Waals surface area (Å²) in [6.45, 7) is 0. The molecule has 0 amide bonds. The molecule has 4 heteroatoms. The van der Waals surface area contributed by atoms with Crippen LogP contribution in [0.5, 0.6) is 0 Å². The average molecular weight is 419 g/mol. The van der Waals surface area contributed by atoms with Gasteiger partial charge in [-0.15, -0.1) is 0 Å². The van der Waals surface area contributed by atoms with E-state index in [9.17, 15) is 0 Å². The van der Waals surface area contributed by atoms with Crippen LogP contribution in [0, 0.1) is 0 Å². The second kappa shape index (κ2) is 17.8. The molecule has 0 heterocycles. The second-order valence-electron chi connectivity index (χ2n) is 0. The van der Waals surface area contributed by atoms with Crippen LogP contribution in [-0.4, -0.2) is 23.9 Å². The molecular weight excluding hydrogens is 417 g/mol. The van der Waals surface area contributed by atoms with Crippen molar-refractivity contribution in [2.75, 3.05) is 0 Å². The van der Waals surface area contributed by atoms with Crippen molar-refractivity contribution in [3.05, 3.63) is 0 Å². The van der Waals surface area contributed by atoms with Gasteiger partial charge >= 0.3 is 23.9 Å². The Bertz CT molecular complexity index is 8.00. The van der Waals surface area contributed by atoms with E-state index in [-0.39, 0.29) is 78.5 Å². The predicted molar refractivity (Wildman–Crippen MR) is 8.54 cm³/mol. The van der Waals surface area contributed by atoms with E-state index in [1.165, 1.54) is 0 Å². The molecule has 0 fully saturated rings. The molecule has 4 heavy (non-hydrogen) atoms. The zero-order valence-electron chi connectivity index (χ0n) is 1.79. The van der Waals surface area contributed by atoms with Gasteiger partial charge in [0.15, 0.2) is 0 Å². The first-order chi connectivity index (χ1) is 0. The van der Waals surface area contributed by atoms with Crippen molar-refractivity contribution >= 4 is 23.9 Å². The van der Waals surface area contributed by atoms with E-state index in [0.717, 1.165) is 0 Å². The topological polar surface area (TPSA) is 0 Å². The molecule has 0 unspecified atom stereocenters. The molecule has 30 valence electrons. The molecule has 0 saturated heterocycles.